The van der Waals surface area contributed by atoms with Crippen LogP contribution in [0, 0.1) is 0 Å². The summed E-state index contributed by atoms with van der Waals surface area (Å²) in [5, 5.41) is 1.15. The van der Waals surface area contributed by atoms with E-state index in [1.54, 1.807) is 0 Å². The zero-order chi connectivity index (χ0) is 15.4. The van der Waals surface area contributed by atoms with Crippen LogP contribution in [0.3, 0.4) is 0 Å². The average Bonchev–Trinajstić information content (AvgIpc) is 2.96. The molecule has 22 heavy (non-hydrogen) atoms. The molecule has 3 rings (SSSR count). The highest BCUT2D eigenvalue weighted by Gasteiger charge is 2.24. The lowest BCUT2D eigenvalue weighted by Gasteiger charge is -2.32. The lowest BCUT2D eigenvalue weighted by Crippen LogP contribution is -2.43. The monoisotopic (exact) mass is 300 g/mol. The van der Waals surface area contributed by atoms with Gasteiger partial charge in [0.05, 0.1) is 12.5 Å². The molecule has 1 saturated heterocycles. The zero-order valence-electron chi connectivity index (χ0n) is 13.2. The molecular formula is C18H24N2O2. The molecule has 2 aromatic rings. The standard InChI is InChI=1S/C18H24N2O2/c1-2-10-22-15-6-5-9-20(13-15)18(21)11-14-12-19-17-8-4-3-7-16(14)17/h3-4,7-8,12,15,19H,2,5-6,9-11,13H2,1H3/t15-/m0/s1. The molecule has 0 spiro atoms. The number of hydrogen-bond donors (Lipinski definition) is 1. The predicted octanol–water partition coefficient (Wildman–Crippen LogP) is 3.13. The van der Waals surface area contributed by atoms with Gasteiger partial charge in [-0.25, -0.2) is 0 Å². The Bertz CT molecular complexity index is 635. The first-order chi connectivity index (χ1) is 10.8. The molecule has 0 saturated carbocycles. The molecule has 1 N–H and O–H groups in total. The molecular weight excluding hydrogens is 276 g/mol. The number of likely N-dealkylation sites (tertiary alicyclic amines) is 1. The number of rotatable bonds is 5. The largest absolute Gasteiger partial charge is 0.376 e. The second-order valence-electron chi connectivity index (χ2n) is 6.01. The highest BCUT2D eigenvalue weighted by Crippen LogP contribution is 2.20. The summed E-state index contributed by atoms with van der Waals surface area (Å²) in [5.41, 5.74) is 2.17. The minimum atomic E-state index is 0.203. The van der Waals surface area contributed by atoms with Crippen LogP contribution < -0.4 is 0 Å². The summed E-state index contributed by atoms with van der Waals surface area (Å²) >= 11 is 0. The Hall–Kier alpha value is -1.81. The number of para-hydroxylation sites is 1. The van der Waals surface area contributed by atoms with Crippen LogP contribution in [0.25, 0.3) is 10.9 Å². The number of carbonyl (C=O) groups is 1. The van der Waals surface area contributed by atoms with Gasteiger partial charge in [0.25, 0.3) is 0 Å². The molecule has 1 aliphatic rings. The highest BCUT2D eigenvalue weighted by molar-refractivity contribution is 5.88. The fourth-order valence-corrected chi connectivity index (χ4v) is 3.14. The van der Waals surface area contributed by atoms with Gasteiger partial charge in [0, 0.05) is 36.8 Å². The molecule has 1 fully saturated rings. The van der Waals surface area contributed by atoms with Crippen LogP contribution in [0.1, 0.15) is 31.7 Å². The first-order valence-electron chi connectivity index (χ1n) is 8.22. The summed E-state index contributed by atoms with van der Waals surface area (Å²) in [6, 6.07) is 8.13. The fraction of sp³-hybridized carbons (Fsp3) is 0.500. The number of amides is 1. The number of hydrogen-bond acceptors (Lipinski definition) is 2. The quantitative estimate of drug-likeness (QED) is 0.922. The van der Waals surface area contributed by atoms with Crippen LogP contribution in [0.5, 0.6) is 0 Å². The molecule has 4 heteroatoms. The number of aromatic nitrogens is 1. The lowest BCUT2D eigenvalue weighted by molar-refractivity contribution is -0.134. The molecule has 4 nitrogen and oxygen atoms in total. The summed E-state index contributed by atoms with van der Waals surface area (Å²) in [5.74, 6) is 0.203. The second kappa shape index (κ2) is 6.97. The number of ether oxygens (including phenoxy) is 1. The summed E-state index contributed by atoms with van der Waals surface area (Å²) in [6.07, 6.45) is 5.76. The molecule has 0 unspecified atom stereocenters. The Balaban J connectivity index is 1.64. The third-order valence-corrected chi connectivity index (χ3v) is 4.31. The van der Waals surface area contributed by atoms with Gasteiger partial charge in [0.2, 0.25) is 5.91 Å². The zero-order valence-corrected chi connectivity index (χ0v) is 13.2. The first-order valence-corrected chi connectivity index (χ1v) is 8.22. The topological polar surface area (TPSA) is 45.3 Å². The fourth-order valence-electron chi connectivity index (χ4n) is 3.14. The Morgan fingerprint density at radius 1 is 1.41 bits per heavy atom. The van der Waals surface area contributed by atoms with Gasteiger partial charge < -0.3 is 14.6 Å². The molecule has 0 aliphatic carbocycles. The number of nitrogens with one attached hydrogen (secondary N) is 1. The number of aromatic amines is 1. The Morgan fingerprint density at radius 3 is 3.14 bits per heavy atom. The van der Waals surface area contributed by atoms with E-state index in [4.69, 9.17) is 4.74 Å². The number of carbonyl (C=O) groups excluding carboxylic acids is 1. The van der Waals surface area contributed by atoms with Crippen molar-refractivity contribution in [2.24, 2.45) is 0 Å². The van der Waals surface area contributed by atoms with E-state index in [2.05, 4.69) is 18.0 Å². The van der Waals surface area contributed by atoms with E-state index in [9.17, 15) is 4.79 Å². The smallest absolute Gasteiger partial charge is 0.227 e. The first kappa shape index (κ1) is 15.1. The molecule has 0 radical (unpaired) electrons. The van der Waals surface area contributed by atoms with Crippen molar-refractivity contribution >= 4 is 16.8 Å². The van der Waals surface area contributed by atoms with Crippen molar-refractivity contribution in [3.8, 4) is 0 Å². The van der Waals surface area contributed by atoms with Gasteiger partial charge in [0.15, 0.2) is 0 Å². The summed E-state index contributed by atoms with van der Waals surface area (Å²) in [7, 11) is 0. The average molecular weight is 300 g/mol. The van der Waals surface area contributed by atoms with Crippen molar-refractivity contribution in [2.45, 2.75) is 38.7 Å². The minimum absolute atomic E-state index is 0.203. The number of piperidine rings is 1. The maximum absolute atomic E-state index is 12.6. The Kier molecular flexibility index (Phi) is 4.78. The van der Waals surface area contributed by atoms with E-state index in [-0.39, 0.29) is 12.0 Å². The summed E-state index contributed by atoms with van der Waals surface area (Å²) < 4.78 is 5.82. The molecule has 0 bridgehead atoms. The Labute approximate surface area is 131 Å². The van der Waals surface area contributed by atoms with E-state index in [1.807, 2.05) is 29.3 Å². The molecule has 2 heterocycles. The van der Waals surface area contributed by atoms with E-state index < -0.39 is 0 Å². The van der Waals surface area contributed by atoms with E-state index in [1.165, 1.54) is 0 Å². The van der Waals surface area contributed by atoms with Crippen molar-refractivity contribution in [2.75, 3.05) is 19.7 Å². The molecule has 1 aromatic heterocycles. The van der Waals surface area contributed by atoms with Gasteiger partial charge in [-0.3, -0.25) is 4.79 Å². The number of H-pyrrole nitrogens is 1. The van der Waals surface area contributed by atoms with Crippen LogP contribution in [0.4, 0.5) is 0 Å². The Morgan fingerprint density at radius 2 is 2.27 bits per heavy atom. The molecule has 118 valence electrons. The van der Waals surface area contributed by atoms with Gasteiger partial charge >= 0.3 is 0 Å². The van der Waals surface area contributed by atoms with Crippen LogP contribution in [0.2, 0.25) is 0 Å². The van der Waals surface area contributed by atoms with Crippen molar-refractivity contribution in [3.63, 3.8) is 0 Å². The normalized spacial score (nSPS) is 18.8. The van der Waals surface area contributed by atoms with Gasteiger partial charge in [-0.15, -0.1) is 0 Å². The molecule has 1 atom stereocenters. The van der Waals surface area contributed by atoms with Crippen molar-refractivity contribution < 1.29 is 9.53 Å². The number of fused-ring (bicyclic) bond motifs is 1. The minimum Gasteiger partial charge on any atom is -0.376 e. The highest BCUT2D eigenvalue weighted by atomic mass is 16.5. The molecule has 1 aromatic carbocycles. The van der Waals surface area contributed by atoms with Crippen molar-refractivity contribution in [1.29, 1.82) is 0 Å². The van der Waals surface area contributed by atoms with Crippen LogP contribution in [0.15, 0.2) is 30.5 Å². The van der Waals surface area contributed by atoms with Gasteiger partial charge in [-0.2, -0.15) is 0 Å². The summed E-state index contributed by atoms with van der Waals surface area (Å²) in [6.45, 7) is 4.49. The van der Waals surface area contributed by atoms with Gasteiger partial charge in [0.1, 0.15) is 0 Å². The van der Waals surface area contributed by atoms with E-state index >= 15 is 0 Å². The molecule has 1 amide bonds. The molecule has 1 aliphatic heterocycles. The van der Waals surface area contributed by atoms with E-state index in [0.29, 0.717) is 6.42 Å². The number of nitrogens with zero attached hydrogens (tertiary/aromatic N) is 1. The van der Waals surface area contributed by atoms with Gasteiger partial charge in [-0.05, 0) is 30.9 Å². The SMILES string of the molecule is CCCO[C@H]1CCCN(C(=O)Cc2c[nH]c3ccccc23)C1. The van der Waals surface area contributed by atoms with E-state index in [0.717, 1.165) is 55.4 Å². The maximum Gasteiger partial charge on any atom is 0.227 e. The number of benzene rings is 1. The van der Waals surface area contributed by atoms with Crippen LogP contribution in [-0.4, -0.2) is 41.6 Å². The lowest BCUT2D eigenvalue weighted by atomic mass is 10.1. The third kappa shape index (κ3) is 3.33. The van der Waals surface area contributed by atoms with Crippen LogP contribution >= 0.6 is 0 Å². The predicted molar refractivity (Wildman–Crippen MR) is 87.8 cm³/mol. The maximum atomic E-state index is 12.6. The summed E-state index contributed by atoms with van der Waals surface area (Å²) in [4.78, 5) is 17.8. The third-order valence-electron chi connectivity index (χ3n) is 4.31. The van der Waals surface area contributed by atoms with Crippen molar-refractivity contribution in [1.82, 2.24) is 9.88 Å². The second-order valence-corrected chi connectivity index (χ2v) is 6.01. The van der Waals surface area contributed by atoms with Crippen molar-refractivity contribution in [3.05, 3.63) is 36.0 Å². The van der Waals surface area contributed by atoms with Gasteiger partial charge in [-0.1, -0.05) is 25.1 Å². The van der Waals surface area contributed by atoms with Crippen LogP contribution in [-0.2, 0) is 16.0 Å².